The van der Waals surface area contributed by atoms with Crippen molar-refractivity contribution in [3.8, 4) is 0 Å². The Hall–Kier alpha value is -0.340. The summed E-state index contributed by atoms with van der Waals surface area (Å²) < 4.78 is 1.07. The quantitative estimate of drug-likeness (QED) is 0.844. The number of rotatable bonds is 2. The lowest BCUT2D eigenvalue weighted by Crippen LogP contribution is -2.20. The van der Waals surface area contributed by atoms with Gasteiger partial charge in [-0.05, 0) is 54.9 Å². The van der Waals surface area contributed by atoms with E-state index in [1.165, 1.54) is 18.4 Å². The van der Waals surface area contributed by atoms with Gasteiger partial charge in [-0.25, -0.2) is 0 Å². The Bertz CT molecular complexity index is 368. The van der Waals surface area contributed by atoms with Crippen LogP contribution in [-0.2, 0) is 0 Å². The molecule has 0 bridgehead atoms. The fraction of sp³-hybridized carbons (Fsp3) is 0.600. The van der Waals surface area contributed by atoms with Crippen molar-refractivity contribution in [1.29, 1.82) is 0 Å². The second kappa shape index (κ2) is 5.53. The van der Waals surface area contributed by atoms with E-state index in [1.54, 1.807) is 0 Å². The molecule has 3 unspecified atom stereocenters. The number of halogens is 1. The molecule has 2 rings (SSSR count). The lowest BCUT2D eigenvalue weighted by atomic mass is 9.78. The average Bonchev–Trinajstić information content (AvgIpc) is 2.26. The van der Waals surface area contributed by atoms with Crippen LogP contribution >= 0.6 is 15.9 Å². The number of aliphatic hydroxyl groups excluding tert-OH is 1. The first-order valence-corrected chi connectivity index (χ1v) is 7.30. The molecule has 17 heavy (non-hydrogen) atoms. The maximum absolute atomic E-state index is 10.5. The van der Waals surface area contributed by atoms with Crippen LogP contribution in [0.25, 0.3) is 0 Å². The molecule has 0 aliphatic heterocycles. The zero-order valence-electron chi connectivity index (χ0n) is 10.6. The standard InChI is InChI=1S/C15H21BrO/c1-10-4-3-5-12(6-10)15(17)13-7-11(2)8-14(16)9-13/h7-10,12,15,17H,3-6H2,1-2H3. The molecule has 0 radical (unpaired) electrons. The van der Waals surface area contributed by atoms with Crippen LogP contribution in [0.2, 0.25) is 0 Å². The first kappa shape index (κ1) is 13.1. The van der Waals surface area contributed by atoms with Gasteiger partial charge in [0.05, 0.1) is 6.10 Å². The Kier molecular flexibility index (Phi) is 4.26. The molecule has 2 heteroatoms. The fourth-order valence-electron chi connectivity index (χ4n) is 2.98. The highest BCUT2D eigenvalue weighted by atomic mass is 79.9. The topological polar surface area (TPSA) is 20.2 Å². The van der Waals surface area contributed by atoms with Gasteiger partial charge in [-0.15, -0.1) is 0 Å². The largest absolute Gasteiger partial charge is 0.388 e. The van der Waals surface area contributed by atoms with Crippen LogP contribution in [-0.4, -0.2) is 5.11 Å². The van der Waals surface area contributed by atoms with Crippen LogP contribution in [0, 0.1) is 18.8 Å². The second-order valence-corrected chi connectivity index (χ2v) is 6.45. The van der Waals surface area contributed by atoms with E-state index in [0.717, 1.165) is 28.8 Å². The van der Waals surface area contributed by atoms with Crippen molar-refractivity contribution in [2.24, 2.45) is 11.8 Å². The lowest BCUT2D eigenvalue weighted by Gasteiger charge is -2.30. The van der Waals surface area contributed by atoms with Crippen molar-refractivity contribution < 1.29 is 5.11 Å². The third-order valence-electron chi connectivity index (χ3n) is 3.83. The van der Waals surface area contributed by atoms with Gasteiger partial charge in [-0.2, -0.15) is 0 Å². The van der Waals surface area contributed by atoms with Crippen molar-refractivity contribution in [2.75, 3.05) is 0 Å². The molecule has 1 aliphatic carbocycles. The van der Waals surface area contributed by atoms with E-state index >= 15 is 0 Å². The van der Waals surface area contributed by atoms with E-state index in [-0.39, 0.29) is 6.10 Å². The number of benzene rings is 1. The number of aliphatic hydroxyl groups is 1. The van der Waals surface area contributed by atoms with Crippen LogP contribution < -0.4 is 0 Å². The zero-order valence-corrected chi connectivity index (χ0v) is 12.2. The summed E-state index contributed by atoms with van der Waals surface area (Å²) in [5.41, 5.74) is 2.27. The van der Waals surface area contributed by atoms with E-state index in [1.807, 2.05) is 0 Å². The summed E-state index contributed by atoms with van der Waals surface area (Å²) in [5.74, 6) is 1.20. The summed E-state index contributed by atoms with van der Waals surface area (Å²) in [6, 6.07) is 6.24. The molecule has 0 heterocycles. The van der Waals surface area contributed by atoms with E-state index in [2.05, 4.69) is 48.0 Å². The van der Waals surface area contributed by atoms with Crippen molar-refractivity contribution in [3.05, 3.63) is 33.8 Å². The summed E-state index contributed by atoms with van der Waals surface area (Å²) in [6.45, 7) is 4.37. The Morgan fingerprint density at radius 3 is 2.71 bits per heavy atom. The van der Waals surface area contributed by atoms with Gasteiger partial charge in [0.15, 0.2) is 0 Å². The Labute approximate surface area is 112 Å². The summed E-state index contributed by atoms with van der Waals surface area (Å²) in [5, 5.41) is 10.5. The molecule has 1 nitrogen and oxygen atoms in total. The van der Waals surface area contributed by atoms with E-state index in [0.29, 0.717) is 5.92 Å². The van der Waals surface area contributed by atoms with E-state index in [4.69, 9.17) is 0 Å². The van der Waals surface area contributed by atoms with E-state index < -0.39 is 0 Å². The smallest absolute Gasteiger partial charge is 0.0818 e. The van der Waals surface area contributed by atoms with Crippen LogP contribution in [0.3, 0.4) is 0 Å². The molecule has 1 fully saturated rings. The third kappa shape index (κ3) is 3.32. The second-order valence-electron chi connectivity index (χ2n) is 5.54. The minimum atomic E-state index is -0.297. The van der Waals surface area contributed by atoms with E-state index in [9.17, 15) is 5.11 Å². The van der Waals surface area contributed by atoms with Gasteiger partial charge in [0.25, 0.3) is 0 Å². The molecule has 94 valence electrons. The van der Waals surface area contributed by atoms with Gasteiger partial charge >= 0.3 is 0 Å². The maximum Gasteiger partial charge on any atom is 0.0818 e. The maximum atomic E-state index is 10.5. The highest BCUT2D eigenvalue weighted by Gasteiger charge is 2.26. The van der Waals surface area contributed by atoms with Crippen molar-refractivity contribution in [1.82, 2.24) is 0 Å². The first-order chi connectivity index (χ1) is 8.06. The SMILES string of the molecule is Cc1cc(Br)cc(C(O)C2CCCC(C)C2)c1. The average molecular weight is 297 g/mol. The van der Waals surface area contributed by atoms with Gasteiger partial charge in [-0.1, -0.05) is 41.8 Å². The molecule has 1 aromatic rings. The van der Waals surface area contributed by atoms with Gasteiger partial charge in [-0.3, -0.25) is 0 Å². The van der Waals surface area contributed by atoms with Gasteiger partial charge in [0.2, 0.25) is 0 Å². The fourth-order valence-corrected chi connectivity index (χ4v) is 3.60. The number of hydrogen-bond acceptors (Lipinski definition) is 1. The molecular formula is C15H21BrO. The summed E-state index contributed by atoms with van der Waals surface area (Å²) in [6.07, 6.45) is 4.61. The van der Waals surface area contributed by atoms with Crippen molar-refractivity contribution >= 4 is 15.9 Å². The summed E-state index contributed by atoms with van der Waals surface area (Å²) in [7, 11) is 0. The van der Waals surface area contributed by atoms with Crippen LogP contribution in [0.1, 0.15) is 49.8 Å². The van der Waals surface area contributed by atoms with Crippen LogP contribution in [0.15, 0.2) is 22.7 Å². The Morgan fingerprint density at radius 2 is 2.06 bits per heavy atom. The zero-order chi connectivity index (χ0) is 12.4. The molecule has 0 spiro atoms. The van der Waals surface area contributed by atoms with Crippen LogP contribution in [0.5, 0.6) is 0 Å². The van der Waals surface area contributed by atoms with Crippen molar-refractivity contribution in [2.45, 2.75) is 45.6 Å². The Morgan fingerprint density at radius 1 is 1.29 bits per heavy atom. The molecule has 0 saturated heterocycles. The third-order valence-corrected chi connectivity index (χ3v) is 4.29. The van der Waals surface area contributed by atoms with Gasteiger partial charge < -0.3 is 5.11 Å². The van der Waals surface area contributed by atoms with Gasteiger partial charge in [0.1, 0.15) is 0 Å². The molecule has 0 aromatic heterocycles. The molecule has 1 aromatic carbocycles. The lowest BCUT2D eigenvalue weighted by molar-refractivity contribution is 0.0713. The summed E-state index contributed by atoms with van der Waals surface area (Å²) >= 11 is 3.51. The highest BCUT2D eigenvalue weighted by Crippen LogP contribution is 2.37. The molecule has 1 N–H and O–H groups in total. The molecule has 0 amide bonds. The summed E-state index contributed by atoms with van der Waals surface area (Å²) in [4.78, 5) is 0. The predicted octanol–water partition coefficient (Wildman–Crippen LogP) is 4.62. The first-order valence-electron chi connectivity index (χ1n) is 6.51. The van der Waals surface area contributed by atoms with Crippen LogP contribution in [0.4, 0.5) is 0 Å². The minimum absolute atomic E-state index is 0.297. The molecule has 1 saturated carbocycles. The molecule has 3 atom stereocenters. The Balaban J connectivity index is 2.15. The normalized spacial score (nSPS) is 26.8. The molecular weight excluding hydrogens is 276 g/mol. The van der Waals surface area contributed by atoms with Crippen molar-refractivity contribution in [3.63, 3.8) is 0 Å². The highest BCUT2D eigenvalue weighted by molar-refractivity contribution is 9.10. The van der Waals surface area contributed by atoms with Gasteiger partial charge in [0, 0.05) is 4.47 Å². The number of aryl methyl sites for hydroxylation is 1. The minimum Gasteiger partial charge on any atom is -0.388 e. The number of hydrogen-bond donors (Lipinski definition) is 1. The predicted molar refractivity (Wildman–Crippen MR) is 75.0 cm³/mol. The molecule has 1 aliphatic rings. The monoisotopic (exact) mass is 296 g/mol.